The highest BCUT2D eigenvalue weighted by molar-refractivity contribution is 6.18. The van der Waals surface area contributed by atoms with Gasteiger partial charge in [-0.2, -0.15) is 0 Å². The van der Waals surface area contributed by atoms with E-state index in [1.54, 1.807) is 0 Å². The highest BCUT2D eigenvalue weighted by Gasteiger charge is 2.38. The zero-order valence-electron chi connectivity index (χ0n) is 49.1. The molecule has 3 heteroatoms. The van der Waals surface area contributed by atoms with E-state index in [2.05, 4.69) is 339 Å². The first-order valence-electron chi connectivity index (χ1n) is 30.5. The van der Waals surface area contributed by atoms with Crippen molar-refractivity contribution in [2.75, 3.05) is 4.90 Å². The second-order valence-corrected chi connectivity index (χ2v) is 24.8. The third-order valence-electron chi connectivity index (χ3n) is 19.3. The predicted octanol–water partition coefficient (Wildman–Crippen LogP) is 22.6. The molecule has 15 aromatic rings. The molecule has 0 fully saturated rings. The highest BCUT2D eigenvalue weighted by Crippen LogP contribution is 2.55. The molecule has 0 saturated heterocycles. The standard InChI is InChI=1S/C84H61N3/c1-83(2)74-34-19-17-30-66(74)68-45-41-62(52-76(68)83)85(61-43-49-79-73(51-61)70-31-18-20-35-78(70)86(79)59-26-13-7-14-27-59)63-42-46-69-67-44-40-58(50-75(67)84(3,4)77(69)53-63)54-36-38-55(39-37-54)64-32-21-33-71-65(64)47-48-72-80(56-22-9-5-10-23-56)81(57-24-11-6-12-25-57)87(82(71)72)60-28-15-8-16-29-60/h5-53H,1-4H3. The number of rotatable bonds is 9. The van der Waals surface area contributed by atoms with Gasteiger partial charge in [-0.1, -0.05) is 246 Å². The Kier molecular flexibility index (Phi) is 11.3. The van der Waals surface area contributed by atoms with Gasteiger partial charge in [-0.15, -0.1) is 0 Å². The lowest BCUT2D eigenvalue weighted by Crippen LogP contribution is -2.18. The van der Waals surface area contributed by atoms with Crippen molar-refractivity contribution in [2.24, 2.45) is 0 Å². The van der Waals surface area contributed by atoms with Gasteiger partial charge in [0.1, 0.15) is 0 Å². The molecule has 0 unspecified atom stereocenters. The summed E-state index contributed by atoms with van der Waals surface area (Å²) < 4.78 is 4.90. The van der Waals surface area contributed by atoms with Crippen LogP contribution >= 0.6 is 0 Å². The minimum absolute atomic E-state index is 0.152. The molecule has 2 aromatic heterocycles. The van der Waals surface area contributed by atoms with E-state index in [0.717, 1.165) is 28.4 Å². The number of benzene rings is 13. The Morgan fingerprint density at radius 2 is 0.736 bits per heavy atom. The van der Waals surface area contributed by atoms with Crippen LogP contribution in [0.15, 0.2) is 297 Å². The Labute approximate surface area is 508 Å². The number of anilines is 3. The van der Waals surface area contributed by atoms with E-state index in [1.165, 1.54) is 133 Å². The summed E-state index contributed by atoms with van der Waals surface area (Å²) in [5, 5.41) is 6.14. The van der Waals surface area contributed by atoms with Gasteiger partial charge in [0, 0.05) is 66.4 Å². The van der Waals surface area contributed by atoms with Crippen molar-refractivity contribution in [1.82, 2.24) is 9.13 Å². The average Bonchev–Trinajstić information content (AvgIpc) is 1.90. The summed E-state index contributed by atoms with van der Waals surface area (Å²) in [7, 11) is 0. The van der Waals surface area contributed by atoms with Crippen LogP contribution in [-0.2, 0) is 10.8 Å². The van der Waals surface area contributed by atoms with Crippen molar-refractivity contribution >= 4 is 60.5 Å². The quantitative estimate of drug-likeness (QED) is 0.140. The van der Waals surface area contributed by atoms with Gasteiger partial charge in [-0.05, 0) is 162 Å². The zero-order chi connectivity index (χ0) is 58.1. The Morgan fingerprint density at radius 1 is 0.264 bits per heavy atom. The molecule has 412 valence electrons. The molecule has 3 nitrogen and oxygen atoms in total. The Hall–Kier alpha value is -10.7. The third-order valence-corrected chi connectivity index (χ3v) is 19.3. The lowest BCUT2D eigenvalue weighted by atomic mass is 9.81. The molecule has 0 spiro atoms. The van der Waals surface area contributed by atoms with E-state index in [4.69, 9.17) is 0 Å². The van der Waals surface area contributed by atoms with Crippen molar-refractivity contribution in [2.45, 2.75) is 38.5 Å². The molecule has 0 radical (unpaired) electrons. The molecule has 0 amide bonds. The average molecular weight is 1110 g/mol. The van der Waals surface area contributed by atoms with Crippen LogP contribution in [0.5, 0.6) is 0 Å². The molecule has 2 aliphatic carbocycles. The van der Waals surface area contributed by atoms with Crippen molar-refractivity contribution in [3.05, 3.63) is 320 Å². The molecule has 0 aliphatic heterocycles. The van der Waals surface area contributed by atoms with Gasteiger partial charge < -0.3 is 14.0 Å². The first-order valence-corrected chi connectivity index (χ1v) is 30.5. The SMILES string of the molecule is CC1(C)c2ccccc2-c2ccc(N(c3ccc4c(c3)C(C)(C)c3cc(-c5ccc(-c6cccc7c6ccc6c(-c8ccccc8)c(-c8ccccc8)n(-c8ccccc8)c67)cc5)ccc3-4)c3ccc4c(c3)c3ccccc3n4-c3ccccc3)cc21. The van der Waals surface area contributed by atoms with Crippen LogP contribution in [0, 0.1) is 0 Å². The van der Waals surface area contributed by atoms with Crippen molar-refractivity contribution in [3.63, 3.8) is 0 Å². The van der Waals surface area contributed by atoms with Gasteiger partial charge in [0.2, 0.25) is 0 Å². The normalized spacial score (nSPS) is 13.5. The number of nitrogens with zero attached hydrogens (tertiary/aromatic N) is 3. The predicted molar refractivity (Wildman–Crippen MR) is 367 cm³/mol. The zero-order valence-corrected chi connectivity index (χ0v) is 49.1. The highest BCUT2D eigenvalue weighted by atomic mass is 15.1. The lowest BCUT2D eigenvalue weighted by Gasteiger charge is -2.30. The molecular weight excluding hydrogens is 1050 g/mol. The van der Waals surface area contributed by atoms with Gasteiger partial charge in [0.25, 0.3) is 0 Å². The second-order valence-electron chi connectivity index (χ2n) is 24.8. The Bertz CT molecular complexity index is 5240. The summed E-state index contributed by atoms with van der Waals surface area (Å²) >= 11 is 0. The van der Waals surface area contributed by atoms with Crippen molar-refractivity contribution < 1.29 is 0 Å². The largest absolute Gasteiger partial charge is 0.310 e. The second kappa shape index (κ2) is 19.4. The van der Waals surface area contributed by atoms with E-state index in [9.17, 15) is 0 Å². The molecule has 17 rings (SSSR count). The maximum absolute atomic E-state index is 2.50. The van der Waals surface area contributed by atoms with E-state index in [0.29, 0.717) is 0 Å². The molecule has 87 heavy (non-hydrogen) atoms. The number of fused-ring (bicyclic) bond motifs is 12. The molecule has 2 aliphatic rings. The number of para-hydroxylation sites is 3. The van der Waals surface area contributed by atoms with Gasteiger partial charge in [-0.25, -0.2) is 0 Å². The first-order chi connectivity index (χ1) is 42.7. The minimum Gasteiger partial charge on any atom is -0.310 e. The minimum atomic E-state index is -0.274. The van der Waals surface area contributed by atoms with Crippen LogP contribution in [0.2, 0.25) is 0 Å². The van der Waals surface area contributed by atoms with Gasteiger partial charge in [-0.3, -0.25) is 0 Å². The van der Waals surface area contributed by atoms with Gasteiger partial charge in [0.15, 0.2) is 0 Å². The molecule has 2 heterocycles. The Balaban J connectivity index is 0.752. The van der Waals surface area contributed by atoms with Crippen LogP contribution in [-0.4, -0.2) is 9.13 Å². The summed E-state index contributed by atoms with van der Waals surface area (Å²) in [6.45, 7) is 9.58. The Morgan fingerprint density at radius 3 is 1.43 bits per heavy atom. The summed E-state index contributed by atoms with van der Waals surface area (Å²) in [6, 6.07) is 111. The molecular formula is C84H61N3. The summed E-state index contributed by atoms with van der Waals surface area (Å²) in [4.78, 5) is 2.50. The first kappa shape index (κ1) is 50.7. The fourth-order valence-corrected chi connectivity index (χ4v) is 15.1. The lowest BCUT2D eigenvalue weighted by molar-refractivity contribution is 0.660. The third kappa shape index (κ3) is 7.75. The maximum Gasteiger partial charge on any atom is 0.0620 e. The van der Waals surface area contributed by atoms with Gasteiger partial charge >= 0.3 is 0 Å². The van der Waals surface area contributed by atoms with Crippen LogP contribution in [0.4, 0.5) is 17.1 Å². The number of hydrogen-bond acceptors (Lipinski definition) is 1. The topological polar surface area (TPSA) is 13.1 Å². The van der Waals surface area contributed by atoms with E-state index in [1.807, 2.05) is 0 Å². The fourth-order valence-electron chi connectivity index (χ4n) is 15.1. The molecule has 0 N–H and O–H groups in total. The van der Waals surface area contributed by atoms with E-state index >= 15 is 0 Å². The van der Waals surface area contributed by atoms with Crippen molar-refractivity contribution in [3.8, 4) is 78.3 Å². The molecule has 0 saturated carbocycles. The summed E-state index contributed by atoms with van der Waals surface area (Å²) in [5.74, 6) is 0. The maximum atomic E-state index is 2.50. The van der Waals surface area contributed by atoms with E-state index < -0.39 is 0 Å². The number of aromatic nitrogens is 2. The van der Waals surface area contributed by atoms with E-state index in [-0.39, 0.29) is 10.8 Å². The molecule has 0 atom stereocenters. The molecule has 13 aromatic carbocycles. The van der Waals surface area contributed by atoms with Crippen molar-refractivity contribution in [1.29, 1.82) is 0 Å². The summed E-state index contributed by atoms with van der Waals surface area (Å²) in [5.41, 5.74) is 29.2. The van der Waals surface area contributed by atoms with Crippen LogP contribution in [0.1, 0.15) is 49.9 Å². The van der Waals surface area contributed by atoms with Crippen LogP contribution < -0.4 is 4.90 Å². The number of hydrogen-bond donors (Lipinski definition) is 0. The summed E-state index contributed by atoms with van der Waals surface area (Å²) in [6.07, 6.45) is 0. The molecule has 0 bridgehead atoms. The smallest absolute Gasteiger partial charge is 0.0620 e. The monoisotopic (exact) mass is 1110 g/mol. The van der Waals surface area contributed by atoms with Crippen LogP contribution in [0.25, 0.3) is 122 Å². The fraction of sp³-hybridized carbons (Fsp3) is 0.0714. The van der Waals surface area contributed by atoms with Crippen LogP contribution in [0.3, 0.4) is 0 Å². The van der Waals surface area contributed by atoms with Gasteiger partial charge in [0.05, 0.1) is 22.2 Å².